The van der Waals surface area contributed by atoms with Gasteiger partial charge in [-0.1, -0.05) is 0 Å². The molecule has 0 bridgehead atoms. The van der Waals surface area contributed by atoms with Gasteiger partial charge in [-0.05, 0) is 47.3 Å². The zero-order valence-electron chi connectivity index (χ0n) is 8.90. The lowest BCUT2D eigenvalue weighted by Crippen LogP contribution is -2.33. The van der Waals surface area contributed by atoms with Crippen molar-refractivity contribution in [1.29, 1.82) is 0 Å². The Hall–Kier alpha value is -0.870. The minimum Gasteiger partial charge on any atom is -0.312 e. The average Bonchev–Trinajstić information content (AvgIpc) is 2.27. The topological polar surface area (TPSA) is 37.4 Å². The van der Waals surface area contributed by atoms with Crippen molar-refractivity contribution in [3.8, 4) is 0 Å². The highest BCUT2D eigenvalue weighted by atomic mass is 35.7. The van der Waals surface area contributed by atoms with E-state index in [0.29, 0.717) is 4.90 Å². The third kappa shape index (κ3) is 2.13. The molecule has 0 aliphatic carbocycles. The molecular weight excluding hydrogens is 246 g/mol. The Bertz CT molecular complexity index is 461. The van der Waals surface area contributed by atoms with Crippen molar-refractivity contribution in [2.45, 2.75) is 24.7 Å². The number of hydrogen-bond donors (Lipinski definition) is 0. The summed E-state index contributed by atoms with van der Waals surface area (Å²) < 4.78 is 11.1. The zero-order chi connectivity index (χ0) is 11.7. The van der Waals surface area contributed by atoms with Crippen molar-refractivity contribution in [3.63, 3.8) is 0 Å². The molecule has 5 heteroatoms. The van der Waals surface area contributed by atoms with E-state index in [1.807, 2.05) is 12.1 Å². The molecule has 1 heterocycles. The molecule has 3 nitrogen and oxygen atoms in total. The Kier molecular flexibility index (Phi) is 3.30. The maximum atomic E-state index is 11.4. The first-order valence-electron chi connectivity index (χ1n) is 5.08. The number of aryl methyl sites for hydroxylation is 1. The van der Waals surface area contributed by atoms with Crippen LogP contribution in [0.3, 0.4) is 0 Å². The van der Waals surface area contributed by atoms with Crippen LogP contribution in [0.5, 0.6) is 0 Å². The second-order valence-electron chi connectivity index (χ2n) is 3.79. The van der Waals surface area contributed by atoms with Crippen LogP contribution in [-0.4, -0.2) is 16.7 Å². The summed E-state index contributed by atoms with van der Waals surface area (Å²) in [6, 6.07) is 5.36. The SMILES string of the molecule is CC(=O)N1CCCc2cc(S(=O)Cl)ccc21. The number of carbonyl (C=O) groups excluding carboxylic acids is 1. The highest BCUT2D eigenvalue weighted by Crippen LogP contribution is 2.29. The summed E-state index contributed by atoms with van der Waals surface area (Å²) in [4.78, 5) is 13.8. The summed E-state index contributed by atoms with van der Waals surface area (Å²) in [5, 5.41) is 0. The van der Waals surface area contributed by atoms with Crippen LogP contribution in [0.15, 0.2) is 23.1 Å². The molecule has 0 saturated heterocycles. The Morgan fingerprint density at radius 1 is 1.50 bits per heavy atom. The Balaban J connectivity index is 2.44. The van der Waals surface area contributed by atoms with Gasteiger partial charge in [0.1, 0.15) is 10.0 Å². The predicted molar refractivity (Wildman–Crippen MR) is 65.1 cm³/mol. The molecule has 1 atom stereocenters. The second-order valence-corrected chi connectivity index (χ2v) is 5.55. The van der Waals surface area contributed by atoms with Crippen LogP contribution in [0.2, 0.25) is 0 Å². The Morgan fingerprint density at radius 2 is 2.25 bits per heavy atom. The monoisotopic (exact) mass is 257 g/mol. The standard InChI is InChI=1S/C11H12ClNO2S/c1-8(14)13-6-2-3-9-7-10(16(12)15)4-5-11(9)13/h4-5,7H,2-3,6H2,1H3. The van der Waals surface area contributed by atoms with Gasteiger partial charge in [-0.2, -0.15) is 0 Å². The summed E-state index contributed by atoms with van der Waals surface area (Å²) in [5.74, 6) is 0.0423. The van der Waals surface area contributed by atoms with Crippen LogP contribution in [0.1, 0.15) is 18.9 Å². The van der Waals surface area contributed by atoms with Gasteiger partial charge in [0, 0.05) is 19.2 Å². The van der Waals surface area contributed by atoms with Gasteiger partial charge in [-0.3, -0.25) is 4.79 Å². The highest BCUT2D eigenvalue weighted by Gasteiger charge is 2.20. The number of amides is 1. The van der Waals surface area contributed by atoms with Crippen molar-refractivity contribution in [2.75, 3.05) is 11.4 Å². The lowest BCUT2D eigenvalue weighted by molar-refractivity contribution is -0.116. The molecule has 2 rings (SSSR count). The third-order valence-corrected chi connectivity index (χ3v) is 3.89. The number of halogens is 1. The van der Waals surface area contributed by atoms with Crippen LogP contribution in [-0.2, 0) is 21.2 Å². The van der Waals surface area contributed by atoms with Crippen LogP contribution in [0.4, 0.5) is 5.69 Å². The molecule has 16 heavy (non-hydrogen) atoms. The van der Waals surface area contributed by atoms with Crippen LogP contribution < -0.4 is 4.90 Å². The molecule has 0 spiro atoms. The molecule has 0 saturated carbocycles. The van der Waals surface area contributed by atoms with Gasteiger partial charge in [-0.15, -0.1) is 0 Å². The van der Waals surface area contributed by atoms with E-state index >= 15 is 0 Å². The number of rotatable bonds is 1. The van der Waals surface area contributed by atoms with Gasteiger partial charge >= 0.3 is 0 Å². The summed E-state index contributed by atoms with van der Waals surface area (Å²) in [6.45, 7) is 2.31. The van der Waals surface area contributed by atoms with Crippen molar-refractivity contribution in [2.24, 2.45) is 0 Å². The van der Waals surface area contributed by atoms with E-state index in [4.69, 9.17) is 10.7 Å². The van der Waals surface area contributed by atoms with E-state index in [2.05, 4.69) is 0 Å². The molecule has 1 aromatic carbocycles. The lowest BCUT2D eigenvalue weighted by atomic mass is 10.0. The van der Waals surface area contributed by atoms with Gasteiger partial charge < -0.3 is 4.90 Å². The van der Waals surface area contributed by atoms with Gasteiger partial charge in [0.25, 0.3) is 0 Å². The Morgan fingerprint density at radius 3 is 2.88 bits per heavy atom. The first kappa shape index (κ1) is 11.6. The number of benzene rings is 1. The number of fused-ring (bicyclic) bond motifs is 1. The number of nitrogens with zero attached hydrogens (tertiary/aromatic N) is 1. The number of hydrogen-bond acceptors (Lipinski definition) is 2. The number of carbonyl (C=O) groups is 1. The highest BCUT2D eigenvalue weighted by molar-refractivity contribution is 8.08. The molecule has 1 unspecified atom stereocenters. The van der Waals surface area contributed by atoms with E-state index in [1.54, 1.807) is 17.9 Å². The molecular formula is C11H12ClNO2S. The molecule has 86 valence electrons. The molecule has 0 radical (unpaired) electrons. The van der Waals surface area contributed by atoms with E-state index in [1.165, 1.54) is 0 Å². The van der Waals surface area contributed by atoms with Crippen LogP contribution in [0.25, 0.3) is 0 Å². The Labute approximate surface area is 101 Å². The normalized spacial score (nSPS) is 16.8. The molecule has 0 fully saturated rings. The zero-order valence-corrected chi connectivity index (χ0v) is 10.5. The predicted octanol–water partition coefficient (Wildman–Crippen LogP) is 2.25. The minimum atomic E-state index is -1.48. The second kappa shape index (κ2) is 4.55. The van der Waals surface area contributed by atoms with Gasteiger partial charge in [0.2, 0.25) is 5.91 Å². The third-order valence-electron chi connectivity index (χ3n) is 2.74. The first-order chi connectivity index (χ1) is 7.59. The summed E-state index contributed by atoms with van der Waals surface area (Å²) in [6.07, 6.45) is 1.84. The quantitative estimate of drug-likeness (QED) is 0.724. The van der Waals surface area contributed by atoms with Crippen LogP contribution in [0, 0.1) is 0 Å². The van der Waals surface area contributed by atoms with Gasteiger partial charge in [0.15, 0.2) is 0 Å². The molecule has 1 amide bonds. The summed E-state index contributed by atoms with van der Waals surface area (Å²) in [5.41, 5.74) is 1.97. The number of anilines is 1. The van der Waals surface area contributed by atoms with E-state index in [0.717, 1.165) is 30.6 Å². The minimum absolute atomic E-state index is 0.0423. The smallest absolute Gasteiger partial charge is 0.223 e. The van der Waals surface area contributed by atoms with Gasteiger partial charge in [0.05, 0.1) is 4.90 Å². The molecule has 0 N–H and O–H groups in total. The summed E-state index contributed by atoms with van der Waals surface area (Å²) in [7, 11) is 4.06. The molecule has 1 aromatic rings. The lowest BCUT2D eigenvalue weighted by Gasteiger charge is -2.28. The maximum Gasteiger partial charge on any atom is 0.223 e. The van der Waals surface area contributed by atoms with Crippen molar-refractivity contribution in [1.82, 2.24) is 0 Å². The molecule has 0 aromatic heterocycles. The fourth-order valence-corrected chi connectivity index (χ4v) is 2.70. The molecule has 1 aliphatic heterocycles. The van der Waals surface area contributed by atoms with Crippen molar-refractivity contribution < 1.29 is 9.00 Å². The average molecular weight is 258 g/mol. The van der Waals surface area contributed by atoms with Crippen molar-refractivity contribution in [3.05, 3.63) is 23.8 Å². The fraction of sp³-hybridized carbons (Fsp3) is 0.364. The molecule has 1 aliphatic rings. The van der Waals surface area contributed by atoms with E-state index < -0.39 is 10.0 Å². The fourth-order valence-electron chi connectivity index (χ4n) is 2.00. The van der Waals surface area contributed by atoms with E-state index in [9.17, 15) is 9.00 Å². The maximum absolute atomic E-state index is 11.4. The largest absolute Gasteiger partial charge is 0.312 e. The van der Waals surface area contributed by atoms with Crippen molar-refractivity contribution >= 4 is 32.3 Å². The first-order valence-corrected chi connectivity index (χ1v) is 7.06. The van der Waals surface area contributed by atoms with E-state index in [-0.39, 0.29) is 5.91 Å². The van der Waals surface area contributed by atoms with Gasteiger partial charge in [-0.25, -0.2) is 4.21 Å². The summed E-state index contributed by atoms with van der Waals surface area (Å²) >= 11 is 0. The van der Waals surface area contributed by atoms with Crippen LogP contribution >= 0.6 is 10.7 Å².